The quantitative estimate of drug-likeness (QED) is 0.521. The smallest absolute Gasteiger partial charge is 0.309 e. The van der Waals surface area contributed by atoms with E-state index in [0.29, 0.717) is 0 Å². The molecule has 0 aliphatic heterocycles. The number of nitrogens with one attached hydrogen (secondary N) is 1. The Morgan fingerprint density at radius 3 is 2.78 bits per heavy atom. The zero-order valence-electron chi connectivity index (χ0n) is 9.75. The van der Waals surface area contributed by atoms with Crippen molar-refractivity contribution in [3.8, 4) is 6.07 Å². The summed E-state index contributed by atoms with van der Waals surface area (Å²) in [4.78, 5) is 10.2. The van der Waals surface area contributed by atoms with Gasteiger partial charge in [-0.2, -0.15) is 5.26 Å². The monoisotopic (exact) mass is 251 g/mol. The maximum Gasteiger partial charge on any atom is 0.309 e. The van der Waals surface area contributed by atoms with Crippen molar-refractivity contribution in [2.75, 3.05) is 18.5 Å². The van der Waals surface area contributed by atoms with Gasteiger partial charge in [0.2, 0.25) is 0 Å². The van der Waals surface area contributed by atoms with Crippen LogP contribution in [-0.4, -0.2) is 33.9 Å². The lowest BCUT2D eigenvalue weighted by Gasteiger charge is -2.21. The molecule has 0 amide bonds. The molecule has 1 aromatic rings. The predicted octanol–water partition coefficient (Wildman–Crippen LogP) is 0.622. The van der Waals surface area contributed by atoms with Crippen molar-refractivity contribution < 1.29 is 15.1 Å². The van der Waals surface area contributed by atoms with Gasteiger partial charge in [-0.05, 0) is 19.1 Å². The Hall–Kier alpha value is -2.17. The van der Waals surface area contributed by atoms with Crippen LogP contribution in [0.25, 0.3) is 0 Å². The molecule has 0 aliphatic carbocycles. The number of hydrogen-bond acceptors (Lipinski definition) is 6. The molecule has 1 atom stereocenters. The minimum absolute atomic E-state index is 0.0614. The summed E-state index contributed by atoms with van der Waals surface area (Å²) < 4.78 is 0. The van der Waals surface area contributed by atoms with Crippen LogP contribution in [-0.2, 0) is 0 Å². The molecule has 7 nitrogen and oxygen atoms in total. The molecular formula is C11H13N3O4. The first-order valence-corrected chi connectivity index (χ1v) is 5.16. The highest BCUT2D eigenvalue weighted by atomic mass is 16.6. The van der Waals surface area contributed by atoms with Gasteiger partial charge in [-0.15, -0.1) is 0 Å². The first-order valence-electron chi connectivity index (χ1n) is 5.16. The Kier molecular flexibility index (Phi) is 4.20. The van der Waals surface area contributed by atoms with Crippen molar-refractivity contribution in [1.29, 1.82) is 5.26 Å². The minimum atomic E-state index is -1.39. The zero-order chi connectivity index (χ0) is 13.8. The topological polar surface area (TPSA) is 119 Å². The third kappa shape index (κ3) is 3.16. The van der Waals surface area contributed by atoms with Gasteiger partial charge < -0.3 is 15.5 Å². The molecule has 0 fully saturated rings. The molecule has 0 saturated heterocycles. The van der Waals surface area contributed by atoms with Crippen molar-refractivity contribution in [1.82, 2.24) is 0 Å². The lowest BCUT2D eigenvalue weighted by molar-refractivity contribution is -0.384. The molecule has 7 heteroatoms. The third-order valence-electron chi connectivity index (χ3n) is 2.34. The van der Waals surface area contributed by atoms with Crippen molar-refractivity contribution >= 4 is 11.4 Å². The average molecular weight is 251 g/mol. The number of benzene rings is 1. The van der Waals surface area contributed by atoms with E-state index in [1.807, 2.05) is 0 Å². The number of nitriles is 1. The number of aliphatic hydroxyl groups excluding tert-OH is 1. The van der Waals surface area contributed by atoms with Gasteiger partial charge in [0.25, 0.3) is 0 Å². The molecule has 1 aromatic carbocycles. The van der Waals surface area contributed by atoms with Gasteiger partial charge in [0, 0.05) is 6.54 Å². The number of para-hydroxylation sites is 1. The number of rotatable bonds is 5. The van der Waals surface area contributed by atoms with E-state index in [0.717, 1.165) is 0 Å². The van der Waals surface area contributed by atoms with E-state index in [1.54, 1.807) is 6.07 Å². The van der Waals surface area contributed by atoms with Crippen LogP contribution in [0.1, 0.15) is 12.5 Å². The normalized spacial score (nSPS) is 13.4. The Balaban J connectivity index is 3.03. The summed E-state index contributed by atoms with van der Waals surface area (Å²) in [5.74, 6) is 0. The highest BCUT2D eigenvalue weighted by Gasteiger charge is 2.23. The van der Waals surface area contributed by atoms with Crippen LogP contribution in [0.4, 0.5) is 11.4 Å². The number of nitrogens with zero attached hydrogens (tertiary/aromatic N) is 2. The van der Waals surface area contributed by atoms with E-state index < -0.39 is 17.1 Å². The molecule has 0 aromatic heterocycles. The molecule has 0 saturated carbocycles. The van der Waals surface area contributed by atoms with E-state index in [9.17, 15) is 15.2 Å². The number of hydrogen-bond donors (Lipinski definition) is 3. The van der Waals surface area contributed by atoms with Gasteiger partial charge in [-0.1, -0.05) is 6.07 Å². The largest absolute Gasteiger partial charge is 0.393 e. The summed E-state index contributed by atoms with van der Waals surface area (Å²) >= 11 is 0. The van der Waals surface area contributed by atoms with Gasteiger partial charge in [0.1, 0.15) is 22.9 Å². The van der Waals surface area contributed by atoms with Crippen LogP contribution in [0.2, 0.25) is 0 Å². The molecule has 96 valence electrons. The first-order chi connectivity index (χ1) is 8.41. The number of anilines is 1. The van der Waals surface area contributed by atoms with Crippen LogP contribution in [0.3, 0.4) is 0 Å². The lowest BCUT2D eigenvalue weighted by Crippen LogP contribution is -2.37. The van der Waals surface area contributed by atoms with E-state index in [2.05, 4.69) is 5.32 Å². The van der Waals surface area contributed by atoms with E-state index in [1.165, 1.54) is 25.1 Å². The summed E-state index contributed by atoms with van der Waals surface area (Å²) in [5.41, 5.74) is -1.66. The summed E-state index contributed by atoms with van der Waals surface area (Å²) in [6, 6.07) is 6.01. The molecule has 0 aliphatic rings. The lowest BCUT2D eigenvalue weighted by atomic mass is 10.1. The predicted molar refractivity (Wildman–Crippen MR) is 64.0 cm³/mol. The Morgan fingerprint density at radius 1 is 1.61 bits per heavy atom. The number of aliphatic hydroxyl groups is 2. The maximum atomic E-state index is 10.9. The van der Waals surface area contributed by atoms with Gasteiger partial charge in [0.15, 0.2) is 0 Å². The van der Waals surface area contributed by atoms with Gasteiger partial charge in [-0.3, -0.25) is 10.1 Å². The zero-order valence-corrected chi connectivity index (χ0v) is 9.75. The van der Waals surface area contributed by atoms with Gasteiger partial charge in [0.05, 0.1) is 11.5 Å². The van der Waals surface area contributed by atoms with Crippen LogP contribution >= 0.6 is 0 Å². The molecule has 0 spiro atoms. The molecule has 1 unspecified atom stereocenters. The summed E-state index contributed by atoms with van der Waals surface area (Å²) in [6.07, 6.45) is 0. The Morgan fingerprint density at radius 2 is 2.28 bits per heavy atom. The van der Waals surface area contributed by atoms with Crippen molar-refractivity contribution in [3.63, 3.8) is 0 Å². The Bertz CT molecular complexity index is 494. The van der Waals surface area contributed by atoms with Crippen LogP contribution in [0, 0.1) is 21.4 Å². The average Bonchev–Trinajstić information content (AvgIpc) is 2.35. The van der Waals surface area contributed by atoms with E-state index in [-0.39, 0.29) is 23.5 Å². The summed E-state index contributed by atoms with van der Waals surface area (Å²) in [7, 11) is 0. The molecule has 3 N–H and O–H groups in total. The summed E-state index contributed by atoms with van der Waals surface area (Å²) in [5, 5.41) is 40.8. The molecule has 1 rings (SSSR count). The fourth-order valence-corrected chi connectivity index (χ4v) is 1.31. The van der Waals surface area contributed by atoms with Crippen molar-refractivity contribution in [3.05, 3.63) is 33.9 Å². The molecule has 0 radical (unpaired) electrons. The second kappa shape index (κ2) is 5.44. The van der Waals surface area contributed by atoms with E-state index in [4.69, 9.17) is 10.4 Å². The fourth-order valence-electron chi connectivity index (χ4n) is 1.31. The SMILES string of the molecule is CC(O)(CO)CNc1cccc(C#N)c1[N+](=O)[O-]. The number of nitro benzene ring substituents is 1. The standard InChI is InChI=1S/C11H13N3O4/c1-11(16,7-15)6-13-9-4-2-3-8(5-12)10(9)14(17)18/h2-4,13,15-16H,6-7H2,1H3. The van der Waals surface area contributed by atoms with Crippen LogP contribution in [0.5, 0.6) is 0 Å². The van der Waals surface area contributed by atoms with Gasteiger partial charge >= 0.3 is 5.69 Å². The first kappa shape index (κ1) is 13.9. The van der Waals surface area contributed by atoms with Crippen molar-refractivity contribution in [2.24, 2.45) is 0 Å². The van der Waals surface area contributed by atoms with Crippen LogP contribution in [0.15, 0.2) is 18.2 Å². The second-order valence-electron chi connectivity index (χ2n) is 4.08. The molecular weight excluding hydrogens is 238 g/mol. The fraction of sp³-hybridized carbons (Fsp3) is 0.364. The van der Waals surface area contributed by atoms with Crippen LogP contribution < -0.4 is 5.32 Å². The molecule has 0 heterocycles. The Labute approximate surface area is 103 Å². The third-order valence-corrected chi connectivity index (χ3v) is 2.34. The number of nitro groups is 1. The minimum Gasteiger partial charge on any atom is -0.393 e. The molecule has 18 heavy (non-hydrogen) atoms. The highest BCUT2D eigenvalue weighted by Crippen LogP contribution is 2.28. The second-order valence-corrected chi connectivity index (χ2v) is 4.08. The summed E-state index contributed by atoms with van der Waals surface area (Å²) in [6.45, 7) is 0.838. The van der Waals surface area contributed by atoms with Gasteiger partial charge in [-0.25, -0.2) is 0 Å². The maximum absolute atomic E-state index is 10.9. The van der Waals surface area contributed by atoms with Crippen molar-refractivity contribution in [2.45, 2.75) is 12.5 Å². The molecule has 0 bridgehead atoms. The van der Waals surface area contributed by atoms with E-state index >= 15 is 0 Å². The highest BCUT2D eigenvalue weighted by molar-refractivity contribution is 5.68.